The molecule has 0 aliphatic rings. The van der Waals surface area contributed by atoms with Crippen LogP contribution in [0.4, 0.5) is 0 Å². The summed E-state index contributed by atoms with van der Waals surface area (Å²) in [6.07, 6.45) is 0. The van der Waals surface area contributed by atoms with E-state index in [0.29, 0.717) is 11.3 Å². The molecule has 29 heavy (non-hydrogen) atoms. The van der Waals surface area contributed by atoms with E-state index in [1.807, 2.05) is 60.7 Å². The zero-order valence-electron chi connectivity index (χ0n) is 15.9. The van der Waals surface area contributed by atoms with E-state index < -0.39 is 17.9 Å². The summed E-state index contributed by atoms with van der Waals surface area (Å²) in [5, 5.41) is 0. The summed E-state index contributed by atoms with van der Waals surface area (Å²) in [5.41, 5.74) is 1.95. The van der Waals surface area contributed by atoms with Crippen molar-refractivity contribution >= 4 is 17.7 Å². The van der Waals surface area contributed by atoms with E-state index in [9.17, 15) is 14.4 Å². The first-order valence-corrected chi connectivity index (χ1v) is 9.13. The average molecular weight is 388 g/mol. The van der Waals surface area contributed by atoms with Crippen LogP contribution in [0.1, 0.15) is 34.3 Å². The van der Waals surface area contributed by atoms with Crippen molar-refractivity contribution in [1.82, 2.24) is 0 Å². The normalized spacial score (nSPS) is 10.4. The lowest BCUT2D eigenvalue weighted by Crippen LogP contribution is -2.21. The van der Waals surface area contributed by atoms with Crippen LogP contribution in [0.3, 0.4) is 0 Å². The molecule has 0 N–H and O–H groups in total. The molecule has 0 heterocycles. The van der Waals surface area contributed by atoms with Gasteiger partial charge in [-0.15, -0.1) is 0 Å². The minimum Gasteiger partial charge on any atom is -0.457 e. The Kier molecular flexibility index (Phi) is 6.53. The zero-order valence-corrected chi connectivity index (χ0v) is 15.9. The summed E-state index contributed by atoms with van der Waals surface area (Å²) >= 11 is 0. The second-order valence-electron chi connectivity index (χ2n) is 6.40. The molecule has 3 rings (SSSR count). The Morgan fingerprint density at radius 2 is 1.28 bits per heavy atom. The average Bonchev–Trinajstić information content (AvgIpc) is 2.74. The monoisotopic (exact) mass is 388 g/mol. The molecule has 0 spiro atoms. The maximum absolute atomic E-state index is 12.8. The Morgan fingerprint density at radius 1 is 0.759 bits per heavy atom. The molecule has 146 valence electrons. The van der Waals surface area contributed by atoms with Gasteiger partial charge in [-0.25, -0.2) is 0 Å². The maximum Gasteiger partial charge on any atom is 0.318 e. The van der Waals surface area contributed by atoms with E-state index in [0.717, 1.165) is 11.1 Å². The highest BCUT2D eigenvalue weighted by Crippen LogP contribution is 2.26. The minimum atomic E-state index is -0.614. The van der Waals surface area contributed by atoms with Gasteiger partial charge in [-0.1, -0.05) is 60.7 Å². The van der Waals surface area contributed by atoms with Crippen LogP contribution in [0.2, 0.25) is 0 Å². The third-order valence-corrected chi connectivity index (χ3v) is 4.28. The summed E-state index contributed by atoms with van der Waals surface area (Å²) in [6.45, 7) is 0.927. The van der Waals surface area contributed by atoms with Crippen LogP contribution in [0.25, 0.3) is 0 Å². The highest BCUT2D eigenvalue weighted by Gasteiger charge is 2.25. The van der Waals surface area contributed by atoms with Crippen molar-refractivity contribution in [3.63, 3.8) is 0 Å². The Labute approximate surface area is 168 Å². The number of Topliss-reactive ketones (excluding diaryl/α,β-unsaturated/α-hetero) is 1. The second-order valence-corrected chi connectivity index (χ2v) is 6.40. The van der Waals surface area contributed by atoms with Gasteiger partial charge in [0.15, 0.2) is 12.4 Å². The van der Waals surface area contributed by atoms with Crippen molar-refractivity contribution in [1.29, 1.82) is 0 Å². The first-order chi connectivity index (χ1) is 14.0. The first kappa shape index (κ1) is 20.0. The van der Waals surface area contributed by atoms with E-state index in [4.69, 9.17) is 9.47 Å². The fourth-order valence-corrected chi connectivity index (χ4v) is 2.93. The Morgan fingerprint density at radius 3 is 1.76 bits per heavy atom. The third-order valence-electron chi connectivity index (χ3n) is 4.28. The van der Waals surface area contributed by atoms with Crippen LogP contribution in [0.15, 0.2) is 84.9 Å². The predicted molar refractivity (Wildman–Crippen MR) is 108 cm³/mol. The summed E-state index contributed by atoms with van der Waals surface area (Å²) in [7, 11) is 0. The smallest absolute Gasteiger partial charge is 0.318 e. The number of esters is 2. The largest absolute Gasteiger partial charge is 0.457 e. The Hall–Kier alpha value is -3.73. The quantitative estimate of drug-likeness (QED) is 0.345. The van der Waals surface area contributed by atoms with Crippen LogP contribution in [0, 0.1) is 0 Å². The maximum atomic E-state index is 12.8. The number of carbonyl (C=O) groups excluding carboxylic acids is 3. The molecule has 0 radical (unpaired) electrons. The molecule has 0 aromatic heterocycles. The molecular formula is C24H20O5. The topological polar surface area (TPSA) is 69.7 Å². The van der Waals surface area contributed by atoms with Gasteiger partial charge >= 0.3 is 11.9 Å². The van der Waals surface area contributed by atoms with Crippen LogP contribution in [0.5, 0.6) is 5.75 Å². The Bertz CT molecular complexity index is 939. The molecule has 0 bridgehead atoms. The number of hydrogen-bond donors (Lipinski definition) is 0. The Balaban J connectivity index is 1.70. The lowest BCUT2D eigenvalue weighted by atomic mass is 9.91. The van der Waals surface area contributed by atoms with E-state index in [2.05, 4.69) is 0 Å². The van der Waals surface area contributed by atoms with Crippen LogP contribution >= 0.6 is 0 Å². The molecule has 0 atom stereocenters. The molecule has 0 aliphatic carbocycles. The fraction of sp³-hybridized carbons (Fsp3) is 0.125. The van der Waals surface area contributed by atoms with Gasteiger partial charge in [-0.05, 0) is 35.4 Å². The van der Waals surface area contributed by atoms with Crippen molar-refractivity contribution in [2.75, 3.05) is 6.61 Å². The van der Waals surface area contributed by atoms with Gasteiger partial charge in [0.25, 0.3) is 0 Å². The molecule has 0 aliphatic heterocycles. The van der Waals surface area contributed by atoms with Gasteiger partial charge < -0.3 is 9.47 Å². The van der Waals surface area contributed by atoms with Crippen molar-refractivity contribution in [2.24, 2.45) is 0 Å². The van der Waals surface area contributed by atoms with Gasteiger partial charge in [0.1, 0.15) is 11.7 Å². The fourth-order valence-electron chi connectivity index (χ4n) is 2.93. The van der Waals surface area contributed by atoms with Crippen molar-refractivity contribution in [2.45, 2.75) is 12.8 Å². The summed E-state index contributed by atoms with van der Waals surface area (Å²) < 4.78 is 10.3. The zero-order chi connectivity index (χ0) is 20.6. The summed E-state index contributed by atoms with van der Waals surface area (Å²) in [4.78, 5) is 36.2. The molecule has 0 unspecified atom stereocenters. The van der Waals surface area contributed by atoms with E-state index >= 15 is 0 Å². The van der Waals surface area contributed by atoms with Crippen LogP contribution < -0.4 is 4.74 Å². The predicted octanol–water partition coefficient (Wildman–Crippen LogP) is 4.17. The molecule has 5 nitrogen and oxygen atoms in total. The second kappa shape index (κ2) is 9.46. The SMILES string of the molecule is CC(=O)Oc1ccc(C(=O)COC(=O)C(c2ccccc2)c2ccccc2)cc1. The van der Waals surface area contributed by atoms with E-state index in [1.165, 1.54) is 31.2 Å². The number of benzene rings is 3. The van der Waals surface area contributed by atoms with Crippen LogP contribution in [-0.4, -0.2) is 24.3 Å². The van der Waals surface area contributed by atoms with E-state index in [1.54, 1.807) is 0 Å². The summed E-state index contributed by atoms with van der Waals surface area (Å²) in [5.74, 6) is -1.54. The molecular weight excluding hydrogens is 368 g/mol. The molecule has 0 saturated heterocycles. The van der Waals surface area contributed by atoms with Gasteiger partial charge in [0.2, 0.25) is 0 Å². The van der Waals surface area contributed by atoms with Crippen molar-refractivity contribution in [3.8, 4) is 5.75 Å². The first-order valence-electron chi connectivity index (χ1n) is 9.13. The standard InChI is InChI=1S/C24H20O5/c1-17(25)29-21-14-12-18(13-15-21)22(26)16-28-24(27)23(19-8-4-2-5-9-19)20-10-6-3-7-11-20/h2-15,23H,16H2,1H3. The van der Waals surface area contributed by atoms with Crippen molar-refractivity contribution < 1.29 is 23.9 Å². The molecule has 3 aromatic rings. The molecule has 3 aromatic carbocycles. The lowest BCUT2D eigenvalue weighted by molar-refractivity contribution is -0.143. The minimum absolute atomic E-state index is 0.340. The lowest BCUT2D eigenvalue weighted by Gasteiger charge is -2.17. The van der Waals surface area contributed by atoms with Gasteiger partial charge in [-0.3, -0.25) is 14.4 Å². The van der Waals surface area contributed by atoms with Crippen molar-refractivity contribution in [3.05, 3.63) is 102 Å². The molecule has 0 saturated carbocycles. The van der Waals surface area contributed by atoms with E-state index in [-0.39, 0.29) is 12.4 Å². The highest BCUT2D eigenvalue weighted by atomic mass is 16.5. The molecule has 0 amide bonds. The molecule has 0 fully saturated rings. The van der Waals surface area contributed by atoms with Crippen LogP contribution in [-0.2, 0) is 14.3 Å². The highest BCUT2D eigenvalue weighted by molar-refractivity contribution is 5.98. The number of ketones is 1. The summed E-state index contributed by atoms with van der Waals surface area (Å²) in [6, 6.07) is 24.7. The number of carbonyl (C=O) groups is 3. The number of ether oxygens (including phenoxy) is 2. The number of hydrogen-bond acceptors (Lipinski definition) is 5. The number of rotatable bonds is 7. The third kappa shape index (κ3) is 5.39. The van der Waals surface area contributed by atoms with Gasteiger partial charge in [0, 0.05) is 12.5 Å². The molecule has 5 heteroatoms. The van der Waals surface area contributed by atoms with Gasteiger partial charge in [-0.2, -0.15) is 0 Å². The van der Waals surface area contributed by atoms with Gasteiger partial charge in [0.05, 0.1) is 0 Å².